The second kappa shape index (κ2) is 2.11. The lowest BCUT2D eigenvalue weighted by Gasteiger charge is -2.24. The average Bonchev–Trinajstić information content (AvgIpc) is 2.62. The van der Waals surface area contributed by atoms with Gasteiger partial charge in [0.2, 0.25) is 10.0 Å². The van der Waals surface area contributed by atoms with Crippen molar-refractivity contribution in [3.63, 3.8) is 0 Å². The summed E-state index contributed by atoms with van der Waals surface area (Å²) in [5.41, 5.74) is 0. The Bertz CT molecular complexity index is 351. The molecule has 0 N–H and O–H groups in total. The molecule has 0 spiro atoms. The van der Waals surface area contributed by atoms with Crippen LogP contribution in [0.5, 0.6) is 0 Å². The van der Waals surface area contributed by atoms with Crippen molar-refractivity contribution in [2.24, 2.45) is 17.8 Å². The zero-order chi connectivity index (χ0) is 9.38. The maximum absolute atomic E-state index is 11.9. The minimum atomic E-state index is -2.91. The molecular weight excluding hydrogens is 186 g/mol. The molecule has 0 aromatic heterocycles. The highest BCUT2D eigenvalue weighted by molar-refractivity contribution is 7.90. The van der Waals surface area contributed by atoms with Crippen LogP contribution in [0.3, 0.4) is 0 Å². The lowest BCUT2D eigenvalue weighted by molar-refractivity contribution is 0.242. The van der Waals surface area contributed by atoms with Crippen LogP contribution in [-0.2, 0) is 10.0 Å². The van der Waals surface area contributed by atoms with Crippen molar-refractivity contribution in [2.45, 2.75) is 31.1 Å². The topological polar surface area (TPSA) is 37.4 Å². The molecule has 1 saturated heterocycles. The van der Waals surface area contributed by atoms with E-state index in [4.69, 9.17) is 0 Å². The van der Waals surface area contributed by atoms with Crippen molar-refractivity contribution >= 4 is 10.0 Å². The van der Waals surface area contributed by atoms with Gasteiger partial charge in [-0.2, -0.15) is 0 Å². The van der Waals surface area contributed by atoms with Crippen molar-refractivity contribution in [2.75, 3.05) is 7.05 Å². The monoisotopic (exact) mass is 201 g/mol. The molecule has 2 bridgehead atoms. The Hall–Kier alpha value is -0.0900. The number of hydrogen-bond acceptors (Lipinski definition) is 2. The molecule has 3 rings (SSSR count). The Balaban J connectivity index is 2.15. The molecule has 3 fully saturated rings. The molecule has 0 amide bonds. The maximum Gasteiger partial charge on any atom is 0.217 e. The molecule has 2 saturated carbocycles. The van der Waals surface area contributed by atoms with E-state index >= 15 is 0 Å². The Morgan fingerprint density at radius 1 is 1.31 bits per heavy atom. The van der Waals surface area contributed by atoms with E-state index in [9.17, 15) is 8.42 Å². The molecule has 2 aliphatic carbocycles. The molecule has 0 aromatic rings. The second-order valence-corrected chi connectivity index (χ2v) is 7.06. The molecule has 0 aromatic carbocycles. The van der Waals surface area contributed by atoms with E-state index < -0.39 is 10.0 Å². The quantitative estimate of drug-likeness (QED) is 0.578. The highest BCUT2D eigenvalue weighted by atomic mass is 32.2. The number of rotatable bonds is 0. The minimum Gasteiger partial charge on any atom is -0.212 e. The predicted octanol–water partition coefficient (Wildman–Crippen LogP) is 0.675. The van der Waals surface area contributed by atoms with Crippen molar-refractivity contribution in [3.05, 3.63) is 0 Å². The summed E-state index contributed by atoms with van der Waals surface area (Å²) in [5.74, 6) is 1.72. The molecular formula is C9H15NO2S. The van der Waals surface area contributed by atoms with E-state index in [1.54, 1.807) is 11.4 Å². The first-order valence-corrected chi connectivity index (χ1v) is 6.50. The second-order valence-electron chi connectivity index (χ2n) is 4.84. The van der Waals surface area contributed by atoms with Gasteiger partial charge in [-0.25, -0.2) is 12.7 Å². The van der Waals surface area contributed by atoms with Gasteiger partial charge in [0, 0.05) is 13.1 Å². The lowest BCUT2D eigenvalue weighted by Crippen LogP contribution is -2.34. The fourth-order valence-corrected chi connectivity index (χ4v) is 6.17. The van der Waals surface area contributed by atoms with Crippen LogP contribution >= 0.6 is 0 Å². The van der Waals surface area contributed by atoms with Gasteiger partial charge in [-0.15, -0.1) is 0 Å². The third-order valence-corrected chi connectivity index (χ3v) is 6.87. The van der Waals surface area contributed by atoms with E-state index in [1.807, 2.05) is 0 Å². The third kappa shape index (κ3) is 0.734. The highest BCUT2D eigenvalue weighted by Crippen LogP contribution is 2.57. The molecule has 1 aliphatic heterocycles. The van der Waals surface area contributed by atoms with Gasteiger partial charge in [0.05, 0.1) is 5.25 Å². The van der Waals surface area contributed by atoms with Crippen molar-refractivity contribution in [1.82, 2.24) is 4.31 Å². The minimum absolute atomic E-state index is 0.0244. The Kier molecular flexibility index (Phi) is 1.34. The average molecular weight is 201 g/mol. The van der Waals surface area contributed by atoms with Crippen molar-refractivity contribution < 1.29 is 8.42 Å². The smallest absolute Gasteiger partial charge is 0.212 e. The van der Waals surface area contributed by atoms with Gasteiger partial charge in [-0.3, -0.25) is 0 Å². The Labute approximate surface area is 79.2 Å². The zero-order valence-electron chi connectivity index (χ0n) is 7.97. The van der Waals surface area contributed by atoms with Crippen LogP contribution in [0.2, 0.25) is 0 Å². The van der Waals surface area contributed by atoms with E-state index in [0.29, 0.717) is 23.8 Å². The standard InChI is InChI=1S/C9H15NO2S/c1-5-6-3-7-8(4-6)13(11,12)10(2)9(5)7/h5-9H,3-4H2,1-2H3. The Morgan fingerprint density at radius 2 is 2.00 bits per heavy atom. The molecule has 74 valence electrons. The van der Waals surface area contributed by atoms with Crippen molar-refractivity contribution in [3.8, 4) is 0 Å². The van der Waals surface area contributed by atoms with Gasteiger partial charge in [0.25, 0.3) is 0 Å². The first-order chi connectivity index (χ1) is 6.03. The van der Waals surface area contributed by atoms with Crippen LogP contribution in [-0.4, -0.2) is 31.1 Å². The number of hydrogen-bond donors (Lipinski definition) is 0. The molecule has 1 heterocycles. The van der Waals surface area contributed by atoms with Gasteiger partial charge in [0.15, 0.2) is 0 Å². The summed E-state index contributed by atoms with van der Waals surface area (Å²) in [4.78, 5) is 0. The molecule has 4 heteroatoms. The van der Waals surface area contributed by atoms with Gasteiger partial charge >= 0.3 is 0 Å². The summed E-state index contributed by atoms with van der Waals surface area (Å²) in [6, 6.07) is 0.328. The number of sulfonamides is 1. The number of fused-ring (bicyclic) bond motifs is 1. The van der Waals surface area contributed by atoms with E-state index in [1.165, 1.54) is 0 Å². The molecule has 0 radical (unpaired) electrons. The van der Waals surface area contributed by atoms with E-state index in [0.717, 1.165) is 12.8 Å². The van der Waals surface area contributed by atoms with Crippen molar-refractivity contribution in [1.29, 1.82) is 0 Å². The first-order valence-electron chi connectivity index (χ1n) is 5.00. The molecule has 3 nitrogen and oxygen atoms in total. The fourth-order valence-electron chi connectivity index (χ4n) is 3.85. The van der Waals surface area contributed by atoms with E-state index in [2.05, 4.69) is 6.92 Å². The van der Waals surface area contributed by atoms with Gasteiger partial charge in [-0.1, -0.05) is 6.92 Å². The van der Waals surface area contributed by atoms with Crippen LogP contribution in [0.4, 0.5) is 0 Å². The highest BCUT2D eigenvalue weighted by Gasteiger charge is 2.63. The SMILES string of the molecule is CC1C2CC3C1N(C)S(=O)(=O)C3C2. The molecule has 5 unspecified atom stereocenters. The van der Waals surface area contributed by atoms with E-state index in [-0.39, 0.29) is 5.25 Å². The Morgan fingerprint density at radius 3 is 2.54 bits per heavy atom. The largest absolute Gasteiger partial charge is 0.217 e. The van der Waals surface area contributed by atoms with Crippen LogP contribution in [0.1, 0.15) is 19.8 Å². The normalized spacial score (nSPS) is 57.5. The zero-order valence-corrected chi connectivity index (χ0v) is 8.79. The summed E-state index contributed by atoms with van der Waals surface area (Å²) in [6.45, 7) is 2.21. The van der Waals surface area contributed by atoms with Gasteiger partial charge in [-0.05, 0) is 30.6 Å². The maximum atomic E-state index is 11.9. The van der Waals surface area contributed by atoms with Gasteiger partial charge in [0.1, 0.15) is 0 Å². The third-order valence-electron chi connectivity index (χ3n) is 4.51. The van der Waals surface area contributed by atoms with Crippen LogP contribution in [0, 0.1) is 17.8 Å². The molecule has 13 heavy (non-hydrogen) atoms. The predicted molar refractivity (Wildman–Crippen MR) is 49.6 cm³/mol. The molecule has 5 atom stereocenters. The van der Waals surface area contributed by atoms with Crippen LogP contribution in [0.25, 0.3) is 0 Å². The number of nitrogens with zero attached hydrogens (tertiary/aromatic N) is 1. The summed E-state index contributed by atoms with van der Waals surface area (Å²) >= 11 is 0. The fraction of sp³-hybridized carbons (Fsp3) is 1.00. The first kappa shape index (κ1) is 8.24. The summed E-state index contributed by atoms with van der Waals surface area (Å²) < 4.78 is 25.4. The lowest BCUT2D eigenvalue weighted by atomic mass is 9.86. The van der Waals surface area contributed by atoms with Crippen LogP contribution in [0.15, 0.2) is 0 Å². The van der Waals surface area contributed by atoms with Gasteiger partial charge < -0.3 is 0 Å². The molecule has 3 aliphatic rings. The van der Waals surface area contributed by atoms with Crippen LogP contribution < -0.4 is 0 Å². The summed E-state index contributed by atoms with van der Waals surface area (Å²) in [7, 11) is -1.15. The summed E-state index contributed by atoms with van der Waals surface area (Å²) in [6.07, 6.45) is 2.08. The summed E-state index contributed by atoms with van der Waals surface area (Å²) in [5, 5.41) is -0.0244.